The molecule has 2 saturated heterocycles. The van der Waals surface area contributed by atoms with Crippen LogP contribution in [-0.2, 0) is 11.2 Å². The summed E-state index contributed by atoms with van der Waals surface area (Å²) < 4.78 is 25.7. The molecular formula is C21H31FN2O2. The van der Waals surface area contributed by atoms with Gasteiger partial charge in [0.2, 0.25) is 0 Å². The maximum Gasteiger partial charge on any atom is 0.165 e. The molecule has 0 aromatic heterocycles. The van der Waals surface area contributed by atoms with Crippen LogP contribution >= 0.6 is 0 Å². The van der Waals surface area contributed by atoms with Crippen molar-refractivity contribution in [2.24, 2.45) is 5.92 Å². The molecule has 26 heavy (non-hydrogen) atoms. The van der Waals surface area contributed by atoms with Gasteiger partial charge in [0.25, 0.3) is 0 Å². The van der Waals surface area contributed by atoms with Crippen LogP contribution in [0.3, 0.4) is 0 Å². The van der Waals surface area contributed by atoms with Crippen molar-refractivity contribution in [3.8, 4) is 5.75 Å². The van der Waals surface area contributed by atoms with Crippen molar-refractivity contribution in [2.75, 3.05) is 52.5 Å². The summed E-state index contributed by atoms with van der Waals surface area (Å²) in [7, 11) is 0. The minimum absolute atomic E-state index is 0.172. The normalized spacial score (nSPS) is 27.4. The van der Waals surface area contributed by atoms with Crippen molar-refractivity contribution < 1.29 is 13.9 Å². The summed E-state index contributed by atoms with van der Waals surface area (Å²) in [5, 5.41) is 0. The molecule has 3 aliphatic rings. The van der Waals surface area contributed by atoms with Gasteiger partial charge in [0.15, 0.2) is 11.6 Å². The molecule has 1 aromatic carbocycles. The Bertz CT molecular complexity index is 579. The van der Waals surface area contributed by atoms with Gasteiger partial charge in [-0.15, -0.1) is 0 Å². The van der Waals surface area contributed by atoms with E-state index in [0.29, 0.717) is 11.7 Å². The lowest BCUT2D eigenvalue weighted by Gasteiger charge is -2.39. The number of benzene rings is 1. The molecule has 1 aliphatic carbocycles. The van der Waals surface area contributed by atoms with Crippen LogP contribution in [0.2, 0.25) is 0 Å². The highest BCUT2D eigenvalue weighted by atomic mass is 19.1. The Morgan fingerprint density at radius 1 is 1.04 bits per heavy atom. The highest BCUT2D eigenvalue weighted by Gasteiger charge is 2.33. The van der Waals surface area contributed by atoms with E-state index in [1.165, 1.54) is 25.9 Å². The Kier molecular flexibility index (Phi) is 6.08. The summed E-state index contributed by atoms with van der Waals surface area (Å²) in [6, 6.07) is 5.51. The number of likely N-dealkylation sites (tertiary alicyclic amines) is 1. The van der Waals surface area contributed by atoms with Crippen LogP contribution < -0.4 is 4.74 Å². The fraction of sp³-hybridized carbons (Fsp3) is 0.714. The molecule has 0 N–H and O–H groups in total. The Balaban J connectivity index is 1.20. The molecule has 1 saturated carbocycles. The van der Waals surface area contributed by atoms with E-state index in [-0.39, 0.29) is 11.9 Å². The number of rotatable bonds is 7. The maximum atomic E-state index is 14.4. The van der Waals surface area contributed by atoms with Gasteiger partial charge in [-0.3, -0.25) is 4.90 Å². The first-order valence-electron chi connectivity index (χ1n) is 10.2. The molecule has 0 spiro atoms. The monoisotopic (exact) mass is 362 g/mol. The van der Waals surface area contributed by atoms with Gasteiger partial charge in [0, 0.05) is 26.2 Å². The van der Waals surface area contributed by atoms with Gasteiger partial charge in [0.05, 0.1) is 19.3 Å². The van der Waals surface area contributed by atoms with E-state index in [1.807, 2.05) is 12.1 Å². The van der Waals surface area contributed by atoms with E-state index in [0.717, 1.165) is 64.2 Å². The molecule has 0 radical (unpaired) electrons. The van der Waals surface area contributed by atoms with Crippen molar-refractivity contribution in [3.05, 3.63) is 29.6 Å². The standard InChI is InChI=1S/C21H31FN2O2/c22-20-15-17(5-8-23-6-1-2-7-23)3-4-21(20)26-19-13-18(14-19)16-24-9-11-25-12-10-24/h3-4,15,18-19H,1-2,5-14,16H2. The second-order valence-corrected chi connectivity index (χ2v) is 8.05. The average molecular weight is 362 g/mol. The van der Waals surface area contributed by atoms with E-state index < -0.39 is 0 Å². The molecule has 5 heteroatoms. The van der Waals surface area contributed by atoms with E-state index >= 15 is 0 Å². The molecule has 4 nitrogen and oxygen atoms in total. The molecule has 2 aliphatic heterocycles. The van der Waals surface area contributed by atoms with Gasteiger partial charge < -0.3 is 14.4 Å². The van der Waals surface area contributed by atoms with Gasteiger partial charge in [-0.05, 0) is 68.8 Å². The van der Waals surface area contributed by atoms with Gasteiger partial charge in [-0.1, -0.05) is 6.07 Å². The molecule has 0 atom stereocenters. The fourth-order valence-electron chi connectivity index (χ4n) is 4.34. The summed E-state index contributed by atoms with van der Waals surface area (Å²) in [4.78, 5) is 4.94. The van der Waals surface area contributed by atoms with Crippen LogP contribution in [0.15, 0.2) is 18.2 Å². The molecule has 4 rings (SSSR count). The van der Waals surface area contributed by atoms with Crippen molar-refractivity contribution >= 4 is 0 Å². The third-order valence-electron chi connectivity index (χ3n) is 6.02. The SMILES string of the molecule is Fc1cc(CCN2CCCC2)ccc1OC1CC(CN2CCOCC2)C1. The summed E-state index contributed by atoms with van der Waals surface area (Å²) in [6.45, 7) is 8.32. The largest absolute Gasteiger partial charge is 0.487 e. The average Bonchev–Trinajstić information content (AvgIpc) is 3.14. The smallest absolute Gasteiger partial charge is 0.165 e. The van der Waals surface area contributed by atoms with Crippen LogP contribution in [0.25, 0.3) is 0 Å². The second kappa shape index (κ2) is 8.68. The number of halogens is 1. The predicted octanol–water partition coefficient (Wildman–Crippen LogP) is 2.95. The topological polar surface area (TPSA) is 24.9 Å². The molecule has 0 amide bonds. The van der Waals surface area contributed by atoms with Crippen LogP contribution in [0.5, 0.6) is 5.75 Å². The maximum absolute atomic E-state index is 14.4. The summed E-state index contributed by atoms with van der Waals surface area (Å²) in [6.07, 6.45) is 5.76. The number of hydrogen-bond acceptors (Lipinski definition) is 4. The molecule has 2 heterocycles. The zero-order valence-corrected chi connectivity index (χ0v) is 15.7. The third-order valence-corrected chi connectivity index (χ3v) is 6.02. The van der Waals surface area contributed by atoms with E-state index in [1.54, 1.807) is 6.07 Å². The third kappa shape index (κ3) is 4.76. The lowest BCUT2D eigenvalue weighted by atomic mass is 9.81. The van der Waals surface area contributed by atoms with Gasteiger partial charge in [-0.2, -0.15) is 0 Å². The van der Waals surface area contributed by atoms with E-state index in [2.05, 4.69) is 9.80 Å². The van der Waals surface area contributed by atoms with Crippen molar-refractivity contribution in [1.82, 2.24) is 9.80 Å². The van der Waals surface area contributed by atoms with E-state index in [4.69, 9.17) is 9.47 Å². The Morgan fingerprint density at radius 3 is 2.54 bits per heavy atom. The lowest BCUT2D eigenvalue weighted by molar-refractivity contribution is -0.000746. The number of hydrogen-bond donors (Lipinski definition) is 0. The predicted molar refractivity (Wildman–Crippen MR) is 100 cm³/mol. The molecule has 3 fully saturated rings. The highest BCUT2D eigenvalue weighted by molar-refractivity contribution is 5.30. The number of morpholine rings is 1. The van der Waals surface area contributed by atoms with Crippen molar-refractivity contribution in [1.29, 1.82) is 0 Å². The van der Waals surface area contributed by atoms with Crippen molar-refractivity contribution in [3.63, 3.8) is 0 Å². The Hall–Kier alpha value is -1.17. The van der Waals surface area contributed by atoms with Gasteiger partial charge in [-0.25, -0.2) is 4.39 Å². The number of nitrogens with zero attached hydrogens (tertiary/aromatic N) is 2. The molecule has 0 unspecified atom stereocenters. The Labute approximate surface area is 156 Å². The molecule has 1 aromatic rings. The van der Waals surface area contributed by atoms with Crippen molar-refractivity contribution in [2.45, 2.75) is 38.2 Å². The molecule has 144 valence electrons. The molecular weight excluding hydrogens is 331 g/mol. The number of ether oxygens (including phenoxy) is 2. The summed E-state index contributed by atoms with van der Waals surface area (Å²) >= 11 is 0. The molecule has 0 bridgehead atoms. The van der Waals surface area contributed by atoms with Crippen LogP contribution in [0.4, 0.5) is 4.39 Å². The minimum atomic E-state index is -0.208. The van der Waals surface area contributed by atoms with Crippen LogP contribution in [0, 0.1) is 11.7 Å². The first-order chi connectivity index (χ1) is 12.8. The second-order valence-electron chi connectivity index (χ2n) is 8.05. The first-order valence-corrected chi connectivity index (χ1v) is 10.2. The highest BCUT2D eigenvalue weighted by Crippen LogP contribution is 2.33. The van der Waals surface area contributed by atoms with Gasteiger partial charge >= 0.3 is 0 Å². The fourth-order valence-corrected chi connectivity index (χ4v) is 4.34. The van der Waals surface area contributed by atoms with Crippen LogP contribution in [-0.4, -0.2) is 68.4 Å². The van der Waals surface area contributed by atoms with Gasteiger partial charge in [0.1, 0.15) is 0 Å². The zero-order valence-electron chi connectivity index (χ0n) is 15.7. The zero-order chi connectivity index (χ0) is 17.8. The first kappa shape index (κ1) is 18.2. The lowest BCUT2D eigenvalue weighted by Crippen LogP contribution is -2.45. The van der Waals surface area contributed by atoms with Crippen LogP contribution in [0.1, 0.15) is 31.2 Å². The Morgan fingerprint density at radius 2 is 1.81 bits per heavy atom. The quantitative estimate of drug-likeness (QED) is 0.745. The summed E-state index contributed by atoms with van der Waals surface area (Å²) in [5.41, 5.74) is 1.07. The van der Waals surface area contributed by atoms with E-state index in [9.17, 15) is 4.39 Å². The minimum Gasteiger partial charge on any atom is -0.487 e. The summed E-state index contributed by atoms with van der Waals surface area (Å²) in [5.74, 6) is 0.895.